The van der Waals surface area contributed by atoms with Crippen LogP contribution in [0.2, 0.25) is 0 Å². The van der Waals surface area contributed by atoms with Crippen LogP contribution >= 0.6 is 0 Å². The zero-order valence-electron chi connectivity index (χ0n) is 22.2. The summed E-state index contributed by atoms with van der Waals surface area (Å²) < 4.78 is 5.40. The van der Waals surface area contributed by atoms with Crippen LogP contribution in [-0.4, -0.2) is 42.3 Å². The highest BCUT2D eigenvalue weighted by Crippen LogP contribution is 2.21. The molecule has 0 saturated heterocycles. The van der Waals surface area contributed by atoms with Crippen molar-refractivity contribution in [3.05, 3.63) is 45.8 Å². The quantitative estimate of drug-likeness (QED) is 0.143. The molecule has 2 rings (SSSR count). The van der Waals surface area contributed by atoms with Crippen molar-refractivity contribution < 1.29 is 18.8 Å². The van der Waals surface area contributed by atoms with Gasteiger partial charge in [-0.15, -0.1) is 0 Å². The third-order valence-electron chi connectivity index (χ3n) is 6.31. The molecule has 0 aliphatic heterocycles. The Balaban J connectivity index is 2.42. The van der Waals surface area contributed by atoms with Crippen LogP contribution in [0.25, 0.3) is 11.0 Å². The van der Waals surface area contributed by atoms with E-state index in [1.54, 1.807) is 24.3 Å². The first kappa shape index (κ1) is 30.1. The summed E-state index contributed by atoms with van der Waals surface area (Å²) in [4.78, 5) is 52.6. The molecule has 0 aliphatic rings. The maximum absolute atomic E-state index is 13.7. The molecule has 2 aromatic rings. The highest BCUT2D eigenvalue weighted by molar-refractivity contribution is 6.05. The fourth-order valence-electron chi connectivity index (χ4n) is 4.16. The van der Waals surface area contributed by atoms with Gasteiger partial charge in [-0.3, -0.25) is 14.4 Å². The van der Waals surface area contributed by atoms with Crippen molar-refractivity contribution in [1.82, 2.24) is 10.6 Å². The molecule has 0 radical (unpaired) electrons. The minimum absolute atomic E-state index is 0.0597. The number of carbonyl (C=O) groups excluding carboxylic acids is 3. The van der Waals surface area contributed by atoms with Gasteiger partial charge in [0.05, 0.1) is 12.1 Å². The number of benzene rings is 1. The monoisotopic (exact) mass is 515 g/mol. The number of hydrogen-bond acceptors (Lipinski definition) is 8. The van der Waals surface area contributed by atoms with E-state index in [0.717, 1.165) is 0 Å². The number of amides is 2. The second-order valence-electron chi connectivity index (χ2n) is 10.1. The van der Waals surface area contributed by atoms with E-state index in [4.69, 9.17) is 21.6 Å². The van der Waals surface area contributed by atoms with Gasteiger partial charge in [-0.05, 0) is 55.7 Å². The molecule has 8 N–H and O–H groups in total. The first-order valence-corrected chi connectivity index (χ1v) is 12.9. The molecule has 0 bridgehead atoms. The summed E-state index contributed by atoms with van der Waals surface area (Å²) >= 11 is 0. The highest BCUT2D eigenvalue weighted by atomic mass is 16.4. The molecule has 37 heavy (non-hydrogen) atoms. The largest absolute Gasteiger partial charge is 0.422 e. The van der Waals surface area contributed by atoms with Crippen LogP contribution in [0.15, 0.2) is 33.5 Å². The van der Waals surface area contributed by atoms with Crippen molar-refractivity contribution in [3.8, 4) is 0 Å². The van der Waals surface area contributed by atoms with Crippen LogP contribution in [0.1, 0.15) is 69.3 Å². The fourth-order valence-corrected chi connectivity index (χ4v) is 4.16. The number of fused-ring (bicyclic) bond motifs is 1. The lowest BCUT2D eigenvalue weighted by Crippen LogP contribution is -2.55. The Morgan fingerprint density at radius 1 is 0.946 bits per heavy atom. The second-order valence-corrected chi connectivity index (χ2v) is 10.1. The SMILES string of the molecule is CC(C)CC(NC(=O)C(N)C(C)C)C(=O)NC(CCCCN)C(=O)c1c(CN)c2ccccc2oc1=O. The number of nitrogens with two attached hydrogens (primary N) is 3. The molecule has 1 heterocycles. The predicted molar refractivity (Wildman–Crippen MR) is 144 cm³/mol. The van der Waals surface area contributed by atoms with Crippen LogP contribution in [0.4, 0.5) is 0 Å². The average molecular weight is 516 g/mol. The van der Waals surface area contributed by atoms with Gasteiger partial charge < -0.3 is 32.3 Å². The normalized spacial score (nSPS) is 14.0. The smallest absolute Gasteiger partial charge is 0.347 e. The Morgan fingerprint density at radius 2 is 1.59 bits per heavy atom. The third-order valence-corrected chi connectivity index (χ3v) is 6.31. The molecule has 1 aromatic carbocycles. The fraction of sp³-hybridized carbons (Fsp3) is 0.556. The standard InChI is InChI=1S/C27H41N5O5/c1-15(2)13-20(32-26(35)23(30)16(3)4)25(34)31-19(10-7-8-12-28)24(33)22-18(14-29)17-9-5-6-11-21(17)37-27(22)36/h5-6,9,11,15-16,19-20,23H,7-8,10,12-14,28-30H2,1-4H3,(H,31,34)(H,32,35). The van der Waals surface area contributed by atoms with Crippen LogP contribution < -0.4 is 33.5 Å². The Labute approximate surface area is 217 Å². The van der Waals surface area contributed by atoms with Crippen molar-refractivity contribution in [2.45, 2.75) is 78.0 Å². The topological polar surface area (TPSA) is 184 Å². The Kier molecular flexibility index (Phi) is 11.4. The number of unbranched alkanes of at least 4 members (excludes halogenated alkanes) is 1. The van der Waals surface area contributed by atoms with Crippen molar-refractivity contribution >= 4 is 28.6 Å². The summed E-state index contributed by atoms with van der Waals surface area (Å²) in [6.45, 7) is 7.84. The molecular weight excluding hydrogens is 474 g/mol. The molecule has 0 fully saturated rings. The third kappa shape index (κ3) is 7.95. The van der Waals surface area contributed by atoms with Crippen molar-refractivity contribution in [3.63, 3.8) is 0 Å². The summed E-state index contributed by atoms with van der Waals surface area (Å²) in [5.41, 5.74) is 17.3. The van der Waals surface area contributed by atoms with Crippen LogP contribution in [-0.2, 0) is 16.1 Å². The lowest BCUT2D eigenvalue weighted by atomic mass is 9.94. The van der Waals surface area contributed by atoms with E-state index >= 15 is 0 Å². The second kappa shape index (κ2) is 14.0. The predicted octanol–water partition coefficient (Wildman–Crippen LogP) is 1.56. The van der Waals surface area contributed by atoms with E-state index in [1.165, 1.54) is 0 Å². The minimum Gasteiger partial charge on any atom is -0.422 e. The molecular formula is C27H41N5O5. The molecule has 10 nitrogen and oxygen atoms in total. The first-order valence-electron chi connectivity index (χ1n) is 12.9. The maximum Gasteiger partial charge on any atom is 0.347 e. The van der Waals surface area contributed by atoms with E-state index in [-0.39, 0.29) is 30.4 Å². The molecule has 0 spiro atoms. The van der Waals surface area contributed by atoms with Gasteiger partial charge in [-0.2, -0.15) is 0 Å². The zero-order chi connectivity index (χ0) is 27.7. The van der Waals surface area contributed by atoms with E-state index in [2.05, 4.69) is 10.6 Å². The average Bonchev–Trinajstić information content (AvgIpc) is 2.85. The highest BCUT2D eigenvalue weighted by Gasteiger charge is 2.32. The molecule has 10 heteroatoms. The van der Waals surface area contributed by atoms with Gasteiger partial charge in [0.1, 0.15) is 17.2 Å². The molecule has 204 valence electrons. The van der Waals surface area contributed by atoms with Crippen molar-refractivity contribution in [2.75, 3.05) is 6.54 Å². The number of hydrogen-bond donors (Lipinski definition) is 5. The van der Waals surface area contributed by atoms with Gasteiger partial charge in [-0.25, -0.2) is 4.79 Å². The molecule has 2 amide bonds. The van der Waals surface area contributed by atoms with Crippen molar-refractivity contribution in [1.29, 1.82) is 0 Å². The molecule has 3 unspecified atom stereocenters. The summed E-state index contributed by atoms with van der Waals surface area (Å²) in [6.07, 6.45) is 1.78. The zero-order valence-corrected chi connectivity index (χ0v) is 22.2. The Hall–Kier alpha value is -3.08. The van der Waals surface area contributed by atoms with Gasteiger partial charge in [0.15, 0.2) is 5.78 Å². The van der Waals surface area contributed by atoms with Crippen LogP contribution in [0.5, 0.6) is 0 Å². The molecule has 1 aromatic heterocycles. The Morgan fingerprint density at radius 3 is 2.19 bits per heavy atom. The van der Waals surface area contributed by atoms with Crippen LogP contribution in [0, 0.1) is 11.8 Å². The number of nitrogens with one attached hydrogen (secondary N) is 2. The first-order chi connectivity index (χ1) is 17.5. The summed E-state index contributed by atoms with van der Waals surface area (Å²) in [7, 11) is 0. The van der Waals surface area contributed by atoms with E-state index in [0.29, 0.717) is 42.3 Å². The van der Waals surface area contributed by atoms with E-state index in [9.17, 15) is 19.2 Å². The van der Waals surface area contributed by atoms with Gasteiger partial charge in [0.25, 0.3) is 0 Å². The lowest BCUT2D eigenvalue weighted by Gasteiger charge is -2.26. The van der Waals surface area contributed by atoms with Gasteiger partial charge in [-0.1, -0.05) is 45.9 Å². The number of ketones is 1. The van der Waals surface area contributed by atoms with Crippen molar-refractivity contribution in [2.24, 2.45) is 29.0 Å². The maximum atomic E-state index is 13.7. The van der Waals surface area contributed by atoms with Gasteiger partial charge in [0.2, 0.25) is 11.8 Å². The minimum atomic E-state index is -1.03. The molecule has 0 saturated carbocycles. The number of carbonyl (C=O) groups is 3. The molecule has 3 atom stereocenters. The summed E-state index contributed by atoms with van der Waals surface area (Å²) in [5, 5.41) is 6.07. The van der Waals surface area contributed by atoms with Crippen LogP contribution in [0.3, 0.4) is 0 Å². The Bertz CT molecular complexity index is 1140. The van der Waals surface area contributed by atoms with Gasteiger partial charge >= 0.3 is 5.63 Å². The number of para-hydroxylation sites is 1. The van der Waals surface area contributed by atoms with E-state index in [1.807, 2.05) is 27.7 Å². The van der Waals surface area contributed by atoms with E-state index < -0.39 is 41.3 Å². The molecule has 0 aliphatic carbocycles. The lowest BCUT2D eigenvalue weighted by molar-refractivity contribution is -0.130. The number of Topliss-reactive ketones (excluding diaryl/α,β-unsaturated/α-hetero) is 1. The number of rotatable bonds is 14. The summed E-state index contributed by atoms with van der Waals surface area (Å²) in [6, 6.07) is 4.13. The van der Waals surface area contributed by atoms with Gasteiger partial charge in [0, 0.05) is 11.9 Å². The summed E-state index contributed by atoms with van der Waals surface area (Å²) in [5.74, 6) is -1.59.